The van der Waals surface area contributed by atoms with Gasteiger partial charge in [-0.25, -0.2) is 4.39 Å². The molecule has 0 saturated carbocycles. The molecular formula is C13H13FN2O2S. The maximum absolute atomic E-state index is 13.6. The van der Waals surface area contributed by atoms with Crippen molar-refractivity contribution in [2.45, 2.75) is 20.4 Å². The molecule has 1 heterocycles. The Balaban J connectivity index is 2.17. The smallest absolute Gasteiger partial charge is 0.271 e. The Morgan fingerprint density at radius 1 is 1.37 bits per heavy atom. The van der Waals surface area contributed by atoms with Crippen LogP contribution < -0.4 is 5.32 Å². The van der Waals surface area contributed by atoms with Crippen molar-refractivity contribution in [3.05, 3.63) is 55.5 Å². The van der Waals surface area contributed by atoms with Crippen LogP contribution in [0.5, 0.6) is 0 Å². The number of benzene rings is 1. The molecule has 0 aliphatic rings. The fraction of sp³-hybridized carbons (Fsp3) is 0.231. The van der Waals surface area contributed by atoms with E-state index >= 15 is 0 Å². The molecule has 0 amide bonds. The second-order valence-electron chi connectivity index (χ2n) is 4.21. The van der Waals surface area contributed by atoms with Crippen LogP contribution in [0, 0.1) is 29.8 Å². The molecule has 0 unspecified atom stereocenters. The van der Waals surface area contributed by atoms with Crippen LogP contribution >= 0.6 is 11.3 Å². The quantitative estimate of drug-likeness (QED) is 0.679. The average molecular weight is 280 g/mol. The summed E-state index contributed by atoms with van der Waals surface area (Å²) < 4.78 is 13.6. The molecular weight excluding hydrogens is 267 g/mol. The van der Waals surface area contributed by atoms with E-state index in [0.717, 1.165) is 22.6 Å². The zero-order valence-electron chi connectivity index (χ0n) is 10.6. The number of nitro benzene ring substituents is 1. The molecule has 0 saturated heterocycles. The molecule has 2 rings (SSSR count). The van der Waals surface area contributed by atoms with Crippen LogP contribution in [0.1, 0.15) is 15.3 Å². The van der Waals surface area contributed by atoms with E-state index in [0.29, 0.717) is 6.54 Å². The van der Waals surface area contributed by atoms with Crippen molar-refractivity contribution < 1.29 is 9.31 Å². The van der Waals surface area contributed by atoms with Gasteiger partial charge < -0.3 is 5.32 Å². The van der Waals surface area contributed by atoms with Crippen molar-refractivity contribution in [1.29, 1.82) is 0 Å². The van der Waals surface area contributed by atoms with Gasteiger partial charge in [0, 0.05) is 28.4 Å². The molecule has 0 fully saturated rings. The van der Waals surface area contributed by atoms with Gasteiger partial charge in [-0.15, -0.1) is 11.3 Å². The summed E-state index contributed by atoms with van der Waals surface area (Å²) in [5, 5.41) is 13.6. The Hall–Kier alpha value is -1.95. The van der Waals surface area contributed by atoms with E-state index in [1.807, 2.05) is 19.9 Å². The lowest BCUT2D eigenvalue weighted by Crippen LogP contribution is -2.02. The van der Waals surface area contributed by atoms with Crippen LogP contribution in [0.2, 0.25) is 0 Å². The molecule has 100 valence electrons. The minimum absolute atomic E-state index is 0.123. The van der Waals surface area contributed by atoms with Crippen LogP contribution in [-0.2, 0) is 6.54 Å². The predicted molar refractivity (Wildman–Crippen MR) is 74.2 cm³/mol. The van der Waals surface area contributed by atoms with Crippen molar-refractivity contribution in [1.82, 2.24) is 0 Å². The minimum atomic E-state index is -0.537. The second kappa shape index (κ2) is 5.36. The molecule has 0 aliphatic heterocycles. The van der Waals surface area contributed by atoms with E-state index in [-0.39, 0.29) is 11.4 Å². The van der Waals surface area contributed by atoms with Crippen molar-refractivity contribution in [2.75, 3.05) is 5.32 Å². The number of aryl methyl sites for hydroxylation is 2. The van der Waals surface area contributed by atoms with Gasteiger partial charge in [0.25, 0.3) is 5.69 Å². The monoisotopic (exact) mass is 280 g/mol. The molecule has 2 aromatic rings. The highest BCUT2D eigenvalue weighted by Gasteiger charge is 2.11. The van der Waals surface area contributed by atoms with Crippen LogP contribution in [0.15, 0.2) is 24.3 Å². The van der Waals surface area contributed by atoms with Gasteiger partial charge >= 0.3 is 0 Å². The average Bonchev–Trinajstić information content (AvgIpc) is 2.66. The summed E-state index contributed by atoms with van der Waals surface area (Å²) in [6.45, 7) is 4.46. The number of halogens is 1. The summed E-state index contributed by atoms with van der Waals surface area (Å²) in [5.41, 5.74) is 1.10. The topological polar surface area (TPSA) is 55.2 Å². The standard InChI is InChI=1S/C13H13FN2O2S/c1-8-5-10(9(2)19-8)7-15-13-6-11(16(17)18)3-4-12(13)14/h3-6,15H,7H2,1-2H3. The van der Waals surface area contributed by atoms with E-state index in [2.05, 4.69) is 5.32 Å². The Bertz CT molecular complexity index is 625. The predicted octanol–water partition coefficient (Wildman–Crippen LogP) is 4.02. The van der Waals surface area contributed by atoms with Crippen molar-refractivity contribution in [2.24, 2.45) is 0 Å². The van der Waals surface area contributed by atoms with E-state index in [1.54, 1.807) is 11.3 Å². The van der Waals surface area contributed by atoms with Crippen LogP contribution in [0.4, 0.5) is 15.8 Å². The summed E-state index contributed by atoms with van der Waals surface area (Å²) >= 11 is 1.67. The number of nitrogens with zero attached hydrogens (tertiary/aromatic N) is 1. The van der Waals surface area contributed by atoms with E-state index < -0.39 is 10.7 Å². The third kappa shape index (κ3) is 3.08. The van der Waals surface area contributed by atoms with E-state index in [9.17, 15) is 14.5 Å². The van der Waals surface area contributed by atoms with Gasteiger partial charge in [0.2, 0.25) is 0 Å². The number of rotatable bonds is 4. The molecule has 1 aromatic heterocycles. The third-order valence-electron chi connectivity index (χ3n) is 2.77. The lowest BCUT2D eigenvalue weighted by atomic mass is 10.2. The highest BCUT2D eigenvalue weighted by atomic mass is 32.1. The highest BCUT2D eigenvalue weighted by molar-refractivity contribution is 7.12. The first-order valence-electron chi connectivity index (χ1n) is 5.71. The summed E-state index contributed by atoms with van der Waals surface area (Å²) in [6, 6.07) is 5.50. The fourth-order valence-corrected chi connectivity index (χ4v) is 2.76. The normalized spacial score (nSPS) is 10.5. The summed E-state index contributed by atoms with van der Waals surface area (Å²) in [4.78, 5) is 12.5. The zero-order valence-corrected chi connectivity index (χ0v) is 11.4. The van der Waals surface area contributed by atoms with Gasteiger partial charge in [-0.3, -0.25) is 10.1 Å². The number of nitrogens with one attached hydrogen (secondary N) is 1. The van der Waals surface area contributed by atoms with Gasteiger partial charge in [-0.1, -0.05) is 0 Å². The molecule has 0 radical (unpaired) electrons. The molecule has 0 bridgehead atoms. The molecule has 1 aromatic carbocycles. The van der Waals surface area contributed by atoms with Gasteiger partial charge in [0.15, 0.2) is 0 Å². The number of hydrogen-bond donors (Lipinski definition) is 1. The number of anilines is 1. The van der Waals surface area contributed by atoms with Crippen molar-refractivity contribution in [3.8, 4) is 0 Å². The maximum atomic E-state index is 13.6. The Labute approximate surface area is 114 Å². The first-order chi connectivity index (χ1) is 8.97. The molecule has 0 atom stereocenters. The summed E-state index contributed by atoms with van der Waals surface area (Å²) in [5.74, 6) is -0.491. The SMILES string of the molecule is Cc1cc(CNc2cc([N+](=O)[O-])ccc2F)c(C)s1. The van der Waals surface area contributed by atoms with Crippen molar-refractivity contribution in [3.63, 3.8) is 0 Å². The molecule has 1 N–H and O–H groups in total. The molecule has 0 spiro atoms. The van der Waals surface area contributed by atoms with Crippen LogP contribution in [0.3, 0.4) is 0 Å². The molecule has 6 heteroatoms. The highest BCUT2D eigenvalue weighted by Crippen LogP contribution is 2.24. The lowest BCUT2D eigenvalue weighted by Gasteiger charge is -2.07. The Morgan fingerprint density at radius 3 is 2.68 bits per heavy atom. The Morgan fingerprint density at radius 2 is 2.11 bits per heavy atom. The van der Waals surface area contributed by atoms with Crippen LogP contribution in [-0.4, -0.2) is 4.92 Å². The molecule has 4 nitrogen and oxygen atoms in total. The molecule has 19 heavy (non-hydrogen) atoms. The van der Waals surface area contributed by atoms with Gasteiger partial charge in [0.05, 0.1) is 10.6 Å². The van der Waals surface area contributed by atoms with E-state index in [4.69, 9.17) is 0 Å². The number of thiophene rings is 1. The third-order valence-corrected chi connectivity index (χ3v) is 3.78. The number of non-ortho nitro benzene ring substituents is 1. The summed E-state index contributed by atoms with van der Waals surface area (Å²) in [6.07, 6.45) is 0. The van der Waals surface area contributed by atoms with Gasteiger partial charge in [-0.05, 0) is 31.5 Å². The summed E-state index contributed by atoms with van der Waals surface area (Å²) in [7, 11) is 0. The second-order valence-corrected chi connectivity index (χ2v) is 5.67. The number of nitro groups is 1. The fourth-order valence-electron chi connectivity index (χ4n) is 1.81. The van der Waals surface area contributed by atoms with Gasteiger partial charge in [-0.2, -0.15) is 0 Å². The number of hydrogen-bond acceptors (Lipinski definition) is 4. The zero-order chi connectivity index (χ0) is 14.0. The van der Waals surface area contributed by atoms with E-state index in [1.165, 1.54) is 10.9 Å². The minimum Gasteiger partial charge on any atom is -0.378 e. The largest absolute Gasteiger partial charge is 0.378 e. The first-order valence-corrected chi connectivity index (χ1v) is 6.52. The van der Waals surface area contributed by atoms with Crippen LogP contribution in [0.25, 0.3) is 0 Å². The maximum Gasteiger partial charge on any atom is 0.271 e. The van der Waals surface area contributed by atoms with Gasteiger partial charge in [0.1, 0.15) is 5.82 Å². The first kappa shape index (κ1) is 13.5. The Kier molecular flexibility index (Phi) is 3.80. The van der Waals surface area contributed by atoms with Crippen molar-refractivity contribution >= 4 is 22.7 Å². The molecule has 0 aliphatic carbocycles. The lowest BCUT2D eigenvalue weighted by molar-refractivity contribution is -0.384.